The first-order chi connectivity index (χ1) is 13.5. The molecule has 1 aliphatic heterocycles. The summed E-state index contributed by atoms with van der Waals surface area (Å²) >= 11 is 0. The molecule has 0 spiro atoms. The third kappa shape index (κ3) is 8.01. The average Bonchev–Trinajstić information content (AvgIpc) is 2.91. The zero-order valence-corrected chi connectivity index (χ0v) is 18.2. The number of phosphoric acid groups is 1. The van der Waals surface area contributed by atoms with Crippen LogP contribution >= 0.6 is 7.82 Å². The molecule has 164 valence electrons. The molecule has 29 heavy (non-hydrogen) atoms. The molecule has 0 saturated heterocycles. The van der Waals surface area contributed by atoms with Crippen LogP contribution in [0.25, 0.3) is 0 Å². The number of hydrogen-bond acceptors (Lipinski definition) is 6. The second-order valence-electron chi connectivity index (χ2n) is 8.49. The van der Waals surface area contributed by atoms with Gasteiger partial charge in [0.1, 0.15) is 0 Å². The van der Waals surface area contributed by atoms with Gasteiger partial charge >= 0.3 is 7.82 Å². The fraction of sp³-hybridized carbons (Fsp3) is 0.737. The van der Waals surface area contributed by atoms with Crippen molar-refractivity contribution in [2.75, 3.05) is 19.7 Å². The van der Waals surface area contributed by atoms with Gasteiger partial charge in [-0.05, 0) is 58.8 Å². The minimum atomic E-state index is -4.10. The fourth-order valence-corrected chi connectivity index (χ4v) is 4.56. The maximum atomic E-state index is 12.3. The lowest BCUT2D eigenvalue weighted by Gasteiger charge is -2.30. The Labute approximate surface area is 171 Å². The summed E-state index contributed by atoms with van der Waals surface area (Å²) in [6.07, 6.45) is 5.97. The number of amides is 3. The first kappa shape index (κ1) is 23.7. The van der Waals surface area contributed by atoms with Crippen LogP contribution in [0, 0.1) is 11.8 Å². The van der Waals surface area contributed by atoms with Crippen molar-refractivity contribution in [2.45, 2.75) is 58.5 Å². The Balaban J connectivity index is 1.61. The number of nitrogens with zero attached hydrogens (tertiary/aromatic N) is 1. The normalized spacial score (nSPS) is 24.6. The summed E-state index contributed by atoms with van der Waals surface area (Å²) in [5.74, 6) is -0.448. The molecule has 0 bridgehead atoms. The lowest BCUT2D eigenvalue weighted by Crippen LogP contribution is -2.38. The summed E-state index contributed by atoms with van der Waals surface area (Å²) in [6, 6.07) is 0. The summed E-state index contributed by atoms with van der Waals surface area (Å²) in [5, 5.41) is 2.83. The van der Waals surface area contributed by atoms with E-state index in [2.05, 4.69) is 5.32 Å². The molecular weight excluding hydrogens is 399 g/mol. The van der Waals surface area contributed by atoms with E-state index < -0.39 is 13.4 Å². The summed E-state index contributed by atoms with van der Waals surface area (Å²) in [4.78, 5) is 46.4. The number of rotatable bonds is 9. The predicted molar refractivity (Wildman–Crippen MR) is 106 cm³/mol. The SMILES string of the molecule is CC(C)(C)OP(=O)(O)OCCCNC(=O)C1CCC(CN2C(=O)C=CC2=O)CC1. The molecule has 9 nitrogen and oxygen atoms in total. The molecule has 3 amide bonds. The molecule has 1 unspecified atom stereocenters. The second kappa shape index (κ2) is 9.98. The number of phosphoric ester groups is 1. The maximum Gasteiger partial charge on any atom is 0.472 e. The van der Waals surface area contributed by atoms with Gasteiger partial charge in [-0.1, -0.05) is 0 Å². The molecule has 10 heteroatoms. The third-order valence-corrected chi connectivity index (χ3v) is 6.11. The van der Waals surface area contributed by atoms with Gasteiger partial charge in [0.15, 0.2) is 0 Å². The van der Waals surface area contributed by atoms with Gasteiger partial charge in [0, 0.05) is 31.2 Å². The second-order valence-corrected chi connectivity index (χ2v) is 9.87. The Bertz CT molecular complexity index is 675. The minimum Gasteiger partial charge on any atom is -0.356 e. The van der Waals surface area contributed by atoms with E-state index in [4.69, 9.17) is 9.05 Å². The smallest absolute Gasteiger partial charge is 0.356 e. The van der Waals surface area contributed by atoms with Gasteiger partial charge in [-0.15, -0.1) is 0 Å². The van der Waals surface area contributed by atoms with Crippen LogP contribution in [0.4, 0.5) is 0 Å². The third-order valence-electron chi connectivity index (χ3n) is 4.82. The van der Waals surface area contributed by atoms with Crippen molar-refractivity contribution in [3.8, 4) is 0 Å². The molecular formula is C19H31N2O7P. The van der Waals surface area contributed by atoms with E-state index in [1.807, 2.05) is 0 Å². The van der Waals surface area contributed by atoms with Gasteiger partial charge in [-0.25, -0.2) is 4.57 Å². The van der Waals surface area contributed by atoms with Gasteiger partial charge in [-0.2, -0.15) is 0 Å². The molecule has 0 radical (unpaired) electrons. The van der Waals surface area contributed by atoms with E-state index in [-0.39, 0.29) is 36.2 Å². The first-order valence-corrected chi connectivity index (χ1v) is 11.5. The zero-order valence-electron chi connectivity index (χ0n) is 17.3. The van der Waals surface area contributed by atoms with E-state index in [1.54, 1.807) is 20.8 Å². The number of carbonyl (C=O) groups excluding carboxylic acids is 3. The van der Waals surface area contributed by atoms with Crippen molar-refractivity contribution in [1.82, 2.24) is 10.2 Å². The van der Waals surface area contributed by atoms with E-state index in [0.717, 1.165) is 12.8 Å². The zero-order chi connectivity index (χ0) is 21.7. The van der Waals surface area contributed by atoms with Crippen LogP contribution in [0.1, 0.15) is 52.9 Å². The maximum absolute atomic E-state index is 12.3. The van der Waals surface area contributed by atoms with Crippen molar-refractivity contribution in [2.24, 2.45) is 11.8 Å². The highest BCUT2D eigenvalue weighted by atomic mass is 31.2. The molecule has 2 rings (SSSR count). The largest absolute Gasteiger partial charge is 0.472 e. The number of carbonyl (C=O) groups is 3. The van der Waals surface area contributed by atoms with Crippen LogP contribution in [0.15, 0.2) is 12.2 Å². The number of hydrogen-bond donors (Lipinski definition) is 2. The summed E-state index contributed by atoms with van der Waals surface area (Å²) < 4.78 is 21.6. The molecule has 1 fully saturated rings. The lowest BCUT2D eigenvalue weighted by atomic mass is 9.81. The quantitative estimate of drug-likeness (QED) is 0.326. The number of nitrogens with one attached hydrogen (secondary N) is 1. The summed E-state index contributed by atoms with van der Waals surface area (Å²) in [7, 11) is -4.10. The monoisotopic (exact) mass is 430 g/mol. The Morgan fingerprint density at radius 1 is 1.21 bits per heavy atom. The molecule has 1 heterocycles. The molecule has 0 aromatic carbocycles. The lowest BCUT2D eigenvalue weighted by molar-refractivity contribution is -0.138. The van der Waals surface area contributed by atoms with E-state index >= 15 is 0 Å². The minimum absolute atomic E-state index is 0.00278. The van der Waals surface area contributed by atoms with Crippen molar-refractivity contribution < 1.29 is 32.9 Å². The van der Waals surface area contributed by atoms with Crippen molar-refractivity contribution in [1.29, 1.82) is 0 Å². The molecule has 0 aromatic heterocycles. The van der Waals surface area contributed by atoms with Crippen LogP contribution in [-0.2, 0) is 28.0 Å². The van der Waals surface area contributed by atoms with Gasteiger partial charge < -0.3 is 10.2 Å². The van der Waals surface area contributed by atoms with Gasteiger partial charge in [0.25, 0.3) is 11.8 Å². The first-order valence-electron chi connectivity index (χ1n) is 9.96. The van der Waals surface area contributed by atoms with Gasteiger partial charge in [0.05, 0.1) is 12.2 Å². The van der Waals surface area contributed by atoms with Crippen molar-refractivity contribution in [3.63, 3.8) is 0 Å². The molecule has 2 aliphatic rings. The van der Waals surface area contributed by atoms with E-state index in [1.165, 1.54) is 17.1 Å². The Morgan fingerprint density at radius 3 is 2.34 bits per heavy atom. The van der Waals surface area contributed by atoms with Crippen molar-refractivity contribution >= 4 is 25.5 Å². The topological polar surface area (TPSA) is 122 Å². The van der Waals surface area contributed by atoms with Gasteiger partial charge in [0.2, 0.25) is 5.91 Å². The highest BCUT2D eigenvalue weighted by molar-refractivity contribution is 7.47. The standard InChI is InChI=1S/C19H31N2O7P/c1-19(2,3)28-29(25,26)27-12-4-11-20-18(24)15-7-5-14(6-8-15)13-21-16(22)9-10-17(21)23/h9-10,14-15H,4-8,11-13H2,1-3H3,(H,20,24)(H,25,26). The molecule has 1 saturated carbocycles. The molecule has 1 atom stereocenters. The Kier molecular flexibility index (Phi) is 8.17. The highest BCUT2D eigenvalue weighted by Crippen LogP contribution is 2.47. The van der Waals surface area contributed by atoms with Crippen molar-refractivity contribution in [3.05, 3.63) is 12.2 Å². The number of imide groups is 1. The average molecular weight is 430 g/mol. The molecule has 2 N–H and O–H groups in total. The predicted octanol–water partition coefficient (Wildman–Crippen LogP) is 2.16. The Hall–Kier alpha value is -1.54. The fourth-order valence-electron chi connectivity index (χ4n) is 3.46. The Morgan fingerprint density at radius 2 is 1.79 bits per heavy atom. The van der Waals surface area contributed by atoms with Crippen LogP contribution in [0.3, 0.4) is 0 Å². The molecule has 1 aliphatic carbocycles. The van der Waals surface area contributed by atoms with E-state index in [0.29, 0.717) is 32.4 Å². The van der Waals surface area contributed by atoms with Crippen LogP contribution in [0.5, 0.6) is 0 Å². The van der Waals surface area contributed by atoms with Crippen LogP contribution < -0.4 is 5.32 Å². The van der Waals surface area contributed by atoms with Crippen LogP contribution in [-0.4, -0.2) is 52.8 Å². The molecule has 0 aromatic rings. The van der Waals surface area contributed by atoms with E-state index in [9.17, 15) is 23.8 Å². The van der Waals surface area contributed by atoms with Gasteiger partial charge in [-0.3, -0.25) is 28.3 Å². The van der Waals surface area contributed by atoms with Crippen LogP contribution in [0.2, 0.25) is 0 Å². The highest BCUT2D eigenvalue weighted by Gasteiger charge is 2.31. The summed E-state index contributed by atoms with van der Waals surface area (Å²) in [5.41, 5.74) is -0.788. The summed E-state index contributed by atoms with van der Waals surface area (Å²) in [6.45, 7) is 5.73.